The van der Waals surface area contributed by atoms with Crippen LogP contribution in [0.4, 0.5) is 0 Å². The maximum atomic E-state index is 5.45. The van der Waals surface area contributed by atoms with Gasteiger partial charge in [0.1, 0.15) is 0 Å². The van der Waals surface area contributed by atoms with Gasteiger partial charge < -0.3 is 15.0 Å². The van der Waals surface area contributed by atoms with Crippen LogP contribution in [0.2, 0.25) is 0 Å². The molecular formula is C12H26N2O. The number of nitrogens with zero attached hydrogens (tertiary/aromatic N) is 1. The highest BCUT2D eigenvalue weighted by atomic mass is 16.5. The third kappa shape index (κ3) is 6.88. The van der Waals surface area contributed by atoms with E-state index >= 15 is 0 Å². The van der Waals surface area contributed by atoms with Crippen molar-refractivity contribution >= 4 is 0 Å². The minimum Gasteiger partial charge on any atom is -0.377 e. The number of ether oxygens (including phenoxy) is 1. The lowest BCUT2D eigenvalue weighted by Gasteiger charge is -2.14. The summed E-state index contributed by atoms with van der Waals surface area (Å²) in [6, 6.07) is 0. The molecule has 90 valence electrons. The highest BCUT2D eigenvalue weighted by molar-refractivity contribution is 4.66. The van der Waals surface area contributed by atoms with Crippen molar-refractivity contribution in [2.75, 3.05) is 39.3 Å². The molecule has 1 saturated heterocycles. The topological polar surface area (TPSA) is 24.5 Å². The summed E-state index contributed by atoms with van der Waals surface area (Å²) in [4.78, 5) is 2.56. The van der Waals surface area contributed by atoms with Crippen molar-refractivity contribution in [3.63, 3.8) is 0 Å². The summed E-state index contributed by atoms with van der Waals surface area (Å²) >= 11 is 0. The van der Waals surface area contributed by atoms with Crippen molar-refractivity contribution in [1.82, 2.24) is 10.2 Å². The van der Waals surface area contributed by atoms with Crippen molar-refractivity contribution in [3.8, 4) is 0 Å². The molecular weight excluding hydrogens is 188 g/mol. The maximum absolute atomic E-state index is 5.45. The molecule has 15 heavy (non-hydrogen) atoms. The Balaban J connectivity index is 1.76. The van der Waals surface area contributed by atoms with Gasteiger partial charge in [-0.25, -0.2) is 0 Å². The molecule has 0 bridgehead atoms. The molecule has 1 heterocycles. The van der Waals surface area contributed by atoms with E-state index in [4.69, 9.17) is 4.74 Å². The van der Waals surface area contributed by atoms with E-state index in [0.29, 0.717) is 6.10 Å². The summed E-state index contributed by atoms with van der Waals surface area (Å²) in [5, 5.41) is 3.41. The summed E-state index contributed by atoms with van der Waals surface area (Å²) in [7, 11) is 0. The van der Waals surface area contributed by atoms with Crippen molar-refractivity contribution in [2.45, 2.75) is 39.2 Å². The van der Waals surface area contributed by atoms with Gasteiger partial charge in [-0.15, -0.1) is 0 Å². The molecule has 0 spiro atoms. The molecule has 0 saturated carbocycles. The number of likely N-dealkylation sites (tertiary alicyclic amines) is 1. The van der Waals surface area contributed by atoms with Crippen LogP contribution in [0.25, 0.3) is 0 Å². The van der Waals surface area contributed by atoms with Crippen LogP contribution in [0.1, 0.15) is 33.1 Å². The van der Waals surface area contributed by atoms with Gasteiger partial charge in [0.25, 0.3) is 0 Å². The van der Waals surface area contributed by atoms with Crippen molar-refractivity contribution < 1.29 is 4.74 Å². The number of hydrogen-bond donors (Lipinski definition) is 1. The Hall–Kier alpha value is -0.120. The maximum Gasteiger partial charge on any atom is 0.0594 e. The van der Waals surface area contributed by atoms with Crippen LogP contribution < -0.4 is 5.32 Å². The zero-order valence-corrected chi connectivity index (χ0v) is 10.3. The van der Waals surface area contributed by atoms with Gasteiger partial charge in [0.2, 0.25) is 0 Å². The van der Waals surface area contributed by atoms with E-state index in [2.05, 4.69) is 24.1 Å². The first-order valence-electron chi connectivity index (χ1n) is 6.33. The van der Waals surface area contributed by atoms with Crippen LogP contribution >= 0.6 is 0 Å². The monoisotopic (exact) mass is 214 g/mol. The molecule has 1 rings (SSSR count). The number of rotatable bonds is 8. The molecule has 3 heteroatoms. The fourth-order valence-electron chi connectivity index (χ4n) is 1.93. The Morgan fingerprint density at radius 1 is 1.20 bits per heavy atom. The van der Waals surface area contributed by atoms with Crippen LogP contribution in [0.5, 0.6) is 0 Å². The zero-order chi connectivity index (χ0) is 10.9. The van der Waals surface area contributed by atoms with Gasteiger partial charge in [-0.3, -0.25) is 0 Å². The van der Waals surface area contributed by atoms with Gasteiger partial charge in [0.05, 0.1) is 12.7 Å². The molecule has 3 nitrogen and oxygen atoms in total. The van der Waals surface area contributed by atoms with Crippen molar-refractivity contribution in [1.29, 1.82) is 0 Å². The Bertz CT molecular complexity index is 145. The first kappa shape index (κ1) is 12.9. The molecule has 0 aromatic heterocycles. The largest absolute Gasteiger partial charge is 0.377 e. The minimum atomic E-state index is 0.358. The molecule has 1 aliphatic rings. The minimum absolute atomic E-state index is 0.358. The number of nitrogens with one attached hydrogen (secondary N) is 1. The smallest absolute Gasteiger partial charge is 0.0594 e. The second-order valence-corrected chi connectivity index (χ2v) is 4.57. The Kier molecular flexibility index (Phi) is 6.98. The molecule has 0 atom stereocenters. The Morgan fingerprint density at radius 3 is 2.60 bits per heavy atom. The van der Waals surface area contributed by atoms with Gasteiger partial charge >= 0.3 is 0 Å². The standard InChI is InChI=1S/C12H26N2O/c1-12(2)15-11-7-13-6-5-10-14-8-3-4-9-14/h12-13H,3-11H2,1-2H3. The summed E-state index contributed by atoms with van der Waals surface area (Å²) < 4.78 is 5.45. The fourth-order valence-corrected chi connectivity index (χ4v) is 1.93. The Morgan fingerprint density at radius 2 is 1.93 bits per heavy atom. The van der Waals surface area contributed by atoms with Gasteiger partial charge in [0, 0.05) is 6.54 Å². The lowest BCUT2D eigenvalue weighted by Crippen LogP contribution is -2.27. The van der Waals surface area contributed by atoms with E-state index in [9.17, 15) is 0 Å². The second-order valence-electron chi connectivity index (χ2n) is 4.57. The highest BCUT2D eigenvalue weighted by Crippen LogP contribution is 2.06. The lowest BCUT2D eigenvalue weighted by atomic mass is 10.4. The third-order valence-electron chi connectivity index (χ3n) is 2.76. The molecule has 0 aromatic rings. The van der Waals surface area contributed by atoms with E-state index < -0.39 is 0 Å². The second kappa shape index (κ2) is 8.08. The van der Waals surface area contributed by atoms with E-state index in [1.54, 1.807) is 0 Å². The molecule has 1 aliphatic heterocycles. The van der Waals surface area contributed by atoms with Gasteiger partial charge in [-0.1, -0.05) is 0 Å². The molecule has 0 radical (unpaired) electrons. The zero-order valence-electron chi connectivity index (χ0n) is 10.3. The molecule has 0 amide bonds. The van der Waals surface area contributed by atoms with Crippen LogP contribution in [-0.4, -0.2) is 50.3 Å². The molecule has 1 N–H and O–H groups in total. The van der Waals surface area contributed by atoms with E-state index in [1.807, 2.05) is 0 Å². The van der Waals surface area contributed by atoms with Crippen molar-refractivity contribution in [2.24, 2.45) is 0 Å². The van der Waals surface area contributed by atoms with Crippen LogP contribution in [-0.2, 0) is 4.74 Å². The quantitative estimate of drug-likeness (QED) is 0.620. The van der Waals surface area contributed by atoms with E-state index in [0.717, 1.165) is 19.7 Å². The van der Waals surface area contributed by atoms with Gasteiger partial charge in [-0.05, 0) is 59.3 Å². The summed E-state index contributed by atoms with van der Waals surface area (Å²) in [5.74, 6) is 0. The lowest BCUT2D eigenvalue weighted by molar-refractivity contribution is 0.0808. The predicted octanol–water partition coefficient (Wildman–Crippen LogP) is 1.49. The number of hydrogen-bond acceptors (Lipinski definition) is 3. The van der Waals surface area contributed by atoms with Crippen LogP contribution in [0.15, 0.2) is 0 Å². The molecule has 0 aliphatic carbocycles. The van der Waals surface area contributed by atoms with Gasteiger partial charge in [-0.2, -0.15) is 0 Å². The normalized spacial score (nSPS) is 17.8. The predicted molar refractivity (Wildman–Crippen MR) is 64.2 cm³/mol. The summed E-state index contributed by atoms with van der Waals surface area (Å²) in [6.07, 6.45) is 4.42. The van der Waals surface area contributed by atoms with E-state index in [1.165, 1.54) is 38.9 Å². The first-order chi connectivity index (χ1) is 7.29. The van der Waals surface area contributed by atoms with Crippen LogP contribution in [0.3, 0.4) is 0 Å². The van der Waals surface area contributed by atoms with Crippen LogP contribution in [0, 0.1) is 0 Å². The van der Waals surface area contributed by atoms with E-state index in [-0.39, 0.29) is 0 Å². The first-order valence-corrected chi connectivity index (χ1v) is 6.33. The average Bonchev–Trinajstić information content (AvgIpc) is 2.68. The molecule has 0 aromatic carbocycles. The Labute approximate surface area is 94.2 Å². The van der Waals surface area contributed by atoms with Gasteiger partial charge in [0.15, 0.2) is 0 Å². The summed E-state index contributed by atoms with van der Waals surface area (Å²) in [6.45, 7) is 11.0. The SMILES string of the molecule is CC(C)OCCNCCCN1CCCC1. The highest BCUT2D eigenvalue weighted by Gasteiger charge is 2.09. The summed E-state index contributed by atoms with van der Waals surface area (Å²) in [5.41, 5.74) is 0. The van der Waals surface area contributed by atoms with Crippen molar-refractivity contribution in [3.05, 3.63) is 0 Å². The fraction of sp³-hybridized carbons (Fsp3) is 1.00. The molecule has 1 fully saturated rings. The third-order valence-corrected chi connectivity index (χ3v) is 2.76. The molecule has 0 unspecified atom stereocenters. The average molecular weight is 214 g/mol.